The third-order valence-electron chi connectivity index (χ3n) is 5.00. The Morgan fingerprint density at radius 3 is 2.54 bits per heavy atom. The van der Waals surface area contributed by atoms with Crippen molar-refractivity contribution in [1.82, 2.24) is 9.80 Å². The van der Waals surface area contributed by atoms with Gasteiger partial charge in [-0.05, 0) is 48.9 Å². The predicted molar refractivity (Wildman–Crippen MR) is 111 cm³/mol. The number of ether oxygens (including phenoxy) is 2. The molecule has 0 unspecified atom stereocenters. The molecule has 0 bridgehead atoms. The molecule has 0 aromatic heterocycles. The Balaban J connectivity index is 1.27. The lowest BCUT2D eigenvalue weighted by molar-refractivity contribution is -0.132. The van der Waals surface area contributed by atoms with Crippen LogP contribution in [0.25, 0.3) is 0 Å². The molecule has 1 saturated heterocycles. The second-order valence-electron chi connectivity index (χ2n) is 7.00. The van der Waals surface area contributed by atoms with Gasteiger partial charge in [0.2, 0.25) is 12.7 Å². The first-order valence-electron chi connectivity index (χ1n) is 9.40. The van der Waals surface area contributed by atoms with Crippen LogP contribution in [-0.2, 0) is 11.3 Å². The molecule has 0 saturated carbocycles. The number of carbonyl (C=O) groups excluding carboxylic acids is 1. The SMILES string of the molecule is C[C@@H](Sc1ccc(Cl)cc1)C(=O)N1CCN(Cc2ccc3c(c2)OCO3)CC1. The van der Waals surface area contributed by atoms with E-state index >= 15 is 0 Å². The lowest BCUT2D eigenvalue weighted by atomic mass is 10.1. The molecule has 7 heteroatoms. The molecular weight excluding hydrogens is 396 g/mol. The minimum absolute atomic E-state index is 0.110. The number of nitrogens with zero attached hydrogens (tertiary/aromatic N) is 2. The molecule has 0 N–H and O–H groups in total. The average Bonchev–Trinajstić information content (AvgIpc) is 3.17. The summed E-state index contributed by atoms with van der Waals surface area (Å²) in [6.07, 6.45) is 0. The summed E-state index contributed by atoms with van der Waals surface area (Å²) in [5.41, 5.74) is 1.20. The number of rotatable bonds is 5. The zero-order chi connectivity index (χ0) is 19.5. The molecule has 1 amide bonds. The molecular formula is C21H23ClN2O3S. The molecule has 2 aromatic rings. The average molecular weight is 419 g/mol. The van der Waals surface area contributed by atoms with Gasteiger partial charge in [-0.1, -0.05) is 17.7 Å². The van der Waals surface area contributed by atoms with Crippen LogP contribution in [0, 0.1) is 0 Å². The summed E-state index contributed by atoms with van der Waals surface area (Å²) in [5.74, 6) is 1.83. The van der Waals surface area contributed by atoms with Crippen LogP contribution in [0.2, 0.25) is 5.02 Å². The standard InChI is InChI=1S/C21H23ClN2O3S/c1-15(28-18-5-3-17(22)4-6-18)21(25)24-10-8-23(9-11-24)13-16-2-7-19-20(12-16)27-14-26-19/h2-7,12,15H,8-11,13-14H2,1H3/t15-/m1/s1. The van der Waals surface area contributed by atoms with Crippen molar-refractivity contribution in [3.63, 3.8) is 0 Å². The summed E-state index contributed by atoms with van der Waals surface area (Å²) in [4.78, 5) is 18.2. The largest absolute Gasteiger partial charge is 0.454 e. The molecule has 148 valence electrons. The second-order valence-corrected chi connectivity index (χ2v) is 8.85. The zero-order valence-electron chi connectivity index (χ0n) is 15.8. The summed E-state index contributed by atoms with van der Waals surface area (Å²) in [6, 6.07) is 13.7. The fourth-order valence-electron chi connectivity index (χ4n) is 3.45. The first-order chi connectivity index (χ1) is 13.6. The highest BCUT2D eigenvalue weighted by Crippen LogP contribution is 2.33. The van der Waals surface area contributed by atoms with Crippen molar-refractivity contribution in [1.29, 1.82) is 0 Å². The monoisotopic (exact) mass is 418 g/mol. The predicted octanol–water partition coefficient (Wildman–Crippen LogP) is 3.89. The van der Waals surface area contributed by atoms with Crippen molar-refractivity contribution in [3.05, 3.63) is 53.1 Å². The molecule has 1 fully saturated rings. The topological polar surface area (TPSA) is 42.0 Å². The minimum atomic E-state index is -0.110. The molecule has 2 aliphatic rings. The van der Waals surface area contributed by atoms with E-state index in [0.29, 0.717) is 11.8 Å². The van der Waals surface area contributed by atoms with Gasteiger partial charge in [0.15, 0.2) is 11.5 Å². The van der Waals surface area contributed by atoms with Crippen LogP contribution in [0.3, 0.4) is 0 Å². The molecule has 1 atom stereocenters. The van der Waals surface area contributed by atoms with Crippen molar-refractivity contribution < 1.29 is 14.3 Å². The van der Waals surface area contributed by atoms with Gasteiger partial charge >= 0.3 is 0 Å². The summed E-state index contributed by atoms with van der Waals surface area (Å²) in [6.45, 7) is 6.39. The van der Waals surface area contributed by atoms with Crippen molar-refractivity contribution in [2.45, 2.75) is 23.6 Å². The van der Waals surface area contributed by atoms with Gasteiger partial charge in [-0.15, -0.1) is 11.8 Å². The van der Waals surface area contributed by atoms with E-state index in [9.17, 15) is 4.79 Å². The van der Waals surface area contributed by atoms with Crippen LogP contribution in [0.4, 0.5) is 0 Å². The number of benzene rings is 2. The van der Waals surface area contributed by atoms with Crippen molar-refractivity contribution in [3.8, 4) is 11.5 Å². The molecule has 2 aromatic carbocycles. The van der Waals surface area contributed by atoms with E-state index in [-0.39, 0.29) is 11.2 Å². The van der Waals surface area contributed by atoms with Gasteiger partial charge < -0.3 is 14.4 Å². The molecule has 5 nitrogen and oxygen atoms in total. The molecule has 2 aliphatic heterocycles. The first kappa shape index (κ1) is 19.4. The number of hydrogen-bond donors (Lipinski definition) is 0. The van der Waals surface area contributed by atoms with Crippen LogP contribution in [-0.4, -0.2) is 53.9 Å². The van der Waals surface area contributed by atoms with E-state index in [1.807, 2.05) is 48.2 Å². The fourth-order valence-corrected chi connectivity index (χ4v) is 4.53. The van der Waals surface area contributed by atoms with E-state index in [2.05, 4.69) is 11.0 Å². The Bertz CT molecular complexity index is 838. The molecule has 4 rings (SSSR count). The lowest BCUT2D eigenvalue weighted by Crippen LogP contribution is -2.50. The van der Waals surface area contributed by atoms with E-state index in [1.165, 1.54) is 5.56 Å². The summed E-state index contributed by atoms with van der Waals surface area (Å²) in [7, 11) is 0. The van der Waals surface area contributed by atoms with E-state index in [1.54, 1.807) is 11.8 Å². The second kappa shape index (κ2) is 8.64. The Hall–Kier alpha value is -1.89. The number of fused-ring (bicyclic) bond motifs is 1. The Kier molecular flexibility index (Phi) is 5.99. The van der Waals surface area contributed by atoms with Gasteiger partial charge in [0, 0.05) is 42.6 Å². The quantitative estimate of drug-likeness (QED) is 0.689. The number of amides is 1. The molecule has 0 radical (unpaired) electrons. The van der Waals surface area contributed by atoms with Gasteiger partial charge in [0.05, 0.1) is 5.25 Å². The molecule has 0 spiro atoms. The Labute approximate surface area is 174 Å². The normalized spacial score (nSPS) is 17.6. The zero-order valence-corrected chi connectivity index (χ0v) is 17.3. The summed E-state index contributed by atoms with van der Waals surface area (Å²) < 4.78 is 10.8. The first-order valence-corrected chi connectivity index (χ1v) is 10.7. The minimum Gasteiger partial charge on any atom is -0.454 e. The van der Waals surface area contributed by atoms with Crippen LogP contribution in [0.1, 0.15) is 12.5 Å². The number of piperazine rings is 1. The molecule has 28 heavy (non-hydrogen) atoms. The van der Waals surface area contributed by atoms with Crippen molar-refractivity contribution >= 4 is 29.3 Å². The maximum atomic E-state index is 12.8. The molecule has 0 aliphatic carbocycles. The fraction of sp³-hybridized carbons (Fsp3) is 0.381. The maximum absolute atomic E-state index is 12.8. The van der Waals surface area contributed by atoms with Crippen LogP contribution in [0.15, 0.2) is 47.4 Å². The van der Waals surface area contributed by atoms with Gasteiger partial charge in [-0.3, -0.25) is 9.69 Å². The van der Waals surface area contributed by atoms with Gasteiger partial charge in [-0.25, -0.2) is 0 Å². The van der Waals surface area contributed by atoms with Gasteiger partial charge in [-0.2, -0.15) is 0 Å². The van der Waals surface area contributed by atoms with Crippen molar-refractivity contribution in [2.75, 3.05) is 33.0 Å². The van der Waals surface area contributed by atoms with E-state index in [4.69, 9.17) is 21.1 Å². The summed E-state index contributed by atoms with van der Waals surface area (Å²) in [5, 5.41) is 0.600. The third-order valence-corrected chi connectivity index (χ3v) is 6.35. The Morgan fingerprint density at radius 2 is 1.79 bits per heavy atom. The summed E-state index contributed by atoms with van der Waals surface area (Å²) >= 11 is 7.51. The van der Waals surface area contributed by atoms with E-state index in [0.717, 1.165) is 49.1 Å². The third kappa shape index (κ3) is 4.57. The van der Waals surface area contributed by atoms with Gasteiger partial charge in [0.1, 0.15) is 0 Å². The molecule has 2 heterocycles. The maximum Gasteiger partial charge on any atom is 0.235 e. The number of halogens is 1. The van der Waals surface area contributed by atoms with E-state index < -0.39 is 0 Å². The number of thioether (sulfide) groups is 1. The Morgan fingerprint density at radius 1 is 1.07 bits per heavy atom. The highest BCUT2D eigenvalue weighted by atomic mass is 35.5. The number of carbonyl (C=O) groups is 1. The van der Waals surface area contributed by atoms with Crippen LogP contribution in [0.5, 0.6) is 11.5 Å². The smallest absolute Gasteiger partial charge is 0.235 e. The highest BCUT2D eigenvalue weighted by Gasteiger charge is 2.26. The van der Waals surface area contributed by atoms with Gasteiger partial charge in [0.25, 0.3) is 0 Å². The highest BCUT2D eigenvalue weighted by molar-refractivity contribution is 8.00. The van der Waals surface area contributed by atoms with Crippen LogP contribution < -0.4 is 9.47 Å². The lowest BCUT2D eigenvalue weighted by Gasteiger charge is -2.36. The number of hydrogen-bond acceptors (Lipinski definition) is 5. The van der Waals surface area contributed by atoms with Crippen LogP contribution >= 0.6 is 23.4 Å². The van der Waals surface area contributed by atoms with Crippen molar-refractivity contribution in [2.24, 2.45) is 0 Å².